The van der Waals surface area contributed by atoms with Crippen LogP contribution < -0.4 is 11.3 Å². The van der Waals surface area contributed by atoms with E-state index in [-0.39, 0.29) is 6.04 Å². The number of hydrogen-bond donors (Lipinski definition) is 2. The van der Waals surface area contributed by atoms with Crippen molar-refractivity contribution in [3.05, 3.63) is 41.7 Å². The highest BCUT2D eigenvalue weighted by Gasteiger charge is 2.17. The molecule has 1 unspecified atom stereocenters. The molecule has 0 radical (unpaired) electrons. The van der Waals surface area contributed by atoms with Crippen molar-refractivity contribution in [3.63, 3.8) is 0 Å². The number of hydrazine groups is 1. The lowest BCUT2D eigenvalue weighted by atomic mass is 10.0. The lowest BCUT2D eigenvalue weighted by Gasteiger charge is -2.17. The van der Waals surface area contributed by atoms with E-state index in [1.807, 2.05) is 16.4 Å². The Morgan fingerprint density at radius 2 is 2.05 bits per heavy atom. The van der Waals surface area contributed by atoms with Crippen LogP contribution in [0.15, 0.2) is 35.4 Å². The Kier molecular flexibility index (Phi) is 5.58. The van der Waals surface area contributed by atoms with E-state index in [4.69, 9.17) is 5.84 Å². The lowest BCUT2D eigenvalue weighted by molar-refractivity contribution is 0.512. The number of benzene rings is 1. The third kappa shape index (κ3) is 3.39. The second kappa shape index (κ2) is 7.42. The van der Waals surface area contributed by atoms with Gasteiger partial charge in [0, 0.05) is 11.4 Å². The van der Waals surface area contributed by atoms with Crippen molar-refractivity contribution in [1.82, 2.24) is 20.4 Å². The number of nitrogens with one attached hydrogen (secondary N) is 1. The number of thioether (sulfide) groups is 1. The van der Waals surface area contributed by atoms with Crippen molar-refractivity contribution in [2.24, 2.45) is 5.84 Å². The topological polar surface area (TPSA) is 68.8 Å². The third-order valence-corrected chi connectivity index (χ3v) is 3.96. The minimum atomic E-state index is -0.0859. The molecule has 0 bridgehead atoms. The Hall–Kier alpha value is -1.37. The number of rotatable bonds is 7. The predicted octanol–water partition coefficient (Wildman–Crippen LogP) is 2.35. The molecule has 0 amide bonds. The summed E-state index contributed by atoms with van der Waals surface area (Å²) in [5.41, 5.74) is 4.97. The zero-order chi connectivity index (χ0) is 14.4. The van der Waals surface area contributed by atoms with Crippen LogP contribution in [-0.2, 0) is 6.54 Å². The van der Waals surface area contributed by atoms with Crippen molar-refractivity contribution in [1.29, 1.82) is 0 Å². The molecule has 0 saturated heterocycles. The van der Waals surface area contributed by atoms with E-state index in [1.165, 1.54) is 4.90 Å². The second-order valence-corrected chi connectivity index (χ2v) is 5.82. The summed E-state index contributed by atoms with van der Waals surface area (Å²) >= 11 is 1.83. The van der Waals surface area contributed by atoms with E-state index < -0.39 is 0 Å². The maximum atomic E-state index is 5.73. The summed E-state index contributed by atoms with van der Waals surface area (Å²) in [5, 5.41) is 8.11. The fourth-order valence-electron chi connectivity index (χ4n) is 2.15. The van der Waals surface area contributed by atoms with Crippen LogP contribution in [0.25, 0.3) is 0 Å². The minimum absolute atomic E-state index is 0.0859. The quantitative estimate of drug-likeness (QED) is 0.465. The molecular formula is C14H21N5S. The highest BCUT2D eigenvalue weighted by molar-refractivity contribution is 7.99. The van der Waals surface area contributed by atoms with E-state index in [0.29, 0.717) is 0 Å². The molecule has 0 aliphatic rings. The van der Waals surface area contributed by atoms with Crippen LogP contribution in [0.3, 0.4) is 0 Å². The van der Waals surface area contributed by atoms with Crippen LogP contribution in [0.2, 0.25) is 0 Å². The average molecular weight is 291 g/mol. The van der Waals surface area contributed by atoms with E-state index in [9.17, 15) is 0 Å². The van der Waals surface area contributed by atoms with Gasteiger partial charge in [0.2, 0.25) is 0 Å². The number of aromatic nitrogens is 3. The van der Waals surface area contributed by atoms with Crippen LogP contribution >= 0.6 is 11.8 Å². The summed E-state index contributed by atoms with van der Waals surface area (Å²) in [6, 6.07) is 8.37. The summed E-state index contributed by atoms with van der Waals surface area (Å²) in [5.74, 6) is 6.81. The van der Waals surface area contributed by atoms with E-state index in [0.717, 1.165) is 30.0 Å². The van der Waals surface area contributed by atoms with Gasteiger partial charge in [0.25, 0.3) is 0 Å². The van der Waals surface area contributed by atoms with Gasteiger partial charge in [-0.3, -0.25) is 5.84 Å². The maximum Gasteiger partial charge on any atom is 0.0894 e. The Balaban J connectivity index is 2.24. The largest absolute Gasteiger partial charge is 0.271 e. The first kappa shape index (κ1) is 15.0. The molecule has 5 nitrogen and oxygen atoms in total. The van der Waals surface area contributed by atoms with Crippen LogP contribution in [0.4, 0.5) is 0 Å². The van der Waals surface area contributed by atoms with E-state index >= 15 is 0 Å². The van der Waals surface area contributed by atoms with Crippen molar-refractivity contribution in [3.8, 4) is 0 Å². The first-order valence-electron chi connectivity index (χ1n) is 6.87. The molecule has 1 aromatic heterocycles. The minimum Gasteiger partial charge on any atom is -0.271 e. The molecule has 108 valence electrons. The van der Waals surface area contributed by atoms with Crippen LogP contribution in [-0.4, -0.2) is 20.7 Å². The van der Waals surface area contributed by atoms with Crippen molar-refractivity contribution in [2.75, 3.05) is 5.75 Å². The third-order valence-electron chi connectivity index (χ3n) is 3.07. The maximum absolute atomic E-state index is 5.73. The predicted molar refractivity (Wildman–Crippen MR) is 82.3 cm³/mol. The lowest BCUT2D eigenvalue weighted by Crippen LogP contribution is -2.30. The van der Waals surface area contributed by atoms with Gasteiger partial charge in [0.15, 0.2) is 0 Å². The van der Waals surface area contributed by atoms with Gasteiger partial charge in [-0.05, 0) is 29.9 Å². The van der Waals surface area contributed by atoms with Gasteiger partial charge in [-0.15, -0.1) is 16.9 Å². The highest BCUT2D eigenvalue weighted by atomic mass is 32.2. The fourth-order valence-corrected chi connectivity index (χ4v) is 2.81. The van der Waals surface area contributed by atoms with Gasteiger partial charge in [0.05, 0.1) is 17.9 Å². The molecule has 0 spiro atoms. The molecule has 0 aliphatic heterocycles. The van der Waals surface area contributed by atoms with Crippen molar-refractivity contribution in [2.45, 2.75) is 37.8 Å². The number of hydrogen-bond acceptors (Lipinski definition) is 5. The van der Waals surface area contributed by atoms with E-state index in [1.54, 1.807) is 6.20 Å². The molecule has 1 atom stereocenters. The van der Waals surface area contributed by atoms with Gasteiger partial charge in [-0.25, -0.2) is 10.1 Å². The Labute approximate surface area is 123 Å². The Morgan fingerprint density at radius 1 is 1.30 bits per heavy atom. The first-order chi connectivity index (χ1) is 9.80. The Morgan fingerprint density at radius 3 is 2.65 bits per heavy atom. The SMILES string of the molecule is CCCn1nncc1C(NN)c1ccc(SCC)cc1. The fraction of sp³-hybridized carbons (Fsp3) is 0.429. The average Bonchev–Trinajstić information content (AvgIpc) is 2.91. The molecular weight excluding hydrogens is 270 g/mol. The smallest absolute Gasteiger partial charge is 0.0894 e. The highest BCUT2D eigenvalue weighted by Crippen LogP contribution is 2.24. The molecule has 1 aromatic carbocycles. The molecule has 2 aromatic rings. The van der Waals surface area contributed by atoms with Crippen LogP contribution in [0.5, 0.6) is 0 Å². The molecule has 2 rings (SSSR count). The van der Waals surface area contributed by atoms with Gasteiger partial charge < -0.3 is 0 Å². The van der Waals surface area contributed by atoms with Gasteiger partial charge in [-0.1, -0.05) is 31.2 Å². The summed E-state index contributed by atoms with van der Waals surface area (Å²) in [4.78, 5) is 1.27. The number of aryl methyl sites for hydroxylation is 1. The molecule has 3 N–H and O–H groups in total. The van der Waals surface area contributed by atoms with Gasteiger partial charge in [-0.2, -0.15) is 0 Å². The van der Waals surface area contributed by atoms with Crippen molar-refractivity contribution < 1.29 is 0 Å². The molecule has 1 heterocycles. The Bertz CT molecular complexity index is 523. The summed E-state index contributed by atoms with van der Waals surface area (Å²) < 4.78 is 1.90. The van der Waals surface area contributed by atoms with Gasteiger partial charge in [0.1, 0.15) is 0 Å². The molecule has 0 fully saturated rings. The monoisotopic (exact) mass is 291 g/mol. The van der Waals surface area contributed by atoms with Crippen molar-refractivity contribution >= 4 is 11.8 Å². The first-order valence-corrected chi connectivity index (χ1v) is 7.86. The summed E-state index contributed by atoms with van der Waals surface area (Å²) in [7, 11) is 0. The number of nitrogens with zero attached hydrogens (tertiary/aromatic N) is 3. The van der Waals surface area contributed by atoms with E-state index in [2.05, 4.69) is 53.9 Å². The molecule has 0 saturated carbocycles. The number of nitrogens with two attached hydrogens (primary N) is 1. The second-order valence-electron chi connectivity index (χ2n) is 4.48. The van der Waals surface area contributed by atoms with Crippen LogP contribution in [0, 0.1) is 0 Å². The van der Waals surface area contributed by atoms with Crippen LogP contribution in [0.1, 0.15) is 37.6 Å². The summed E-state index contributed by atoms with van der Waals surface area (Å²) in [6.07, 6.45) is 2.79. The summed E-state index contributed by atoms with van der Waals surface area (Å²) in [6.45, 7) is 5.11. The normalized spacial score (nSPS) is 12.6. The molecule has 0 aliphatic carbocycles. The molecule has 20 heavy (non-hydrogen) atoms. The van der Waals surface area contributed by atoms with Gasteiger partial charge >= 0.3 is 0 Å². The molecule has 6 heteroatoms. The zero-order valence-corrected chi connectivity index (χ0v) is 12.7. The standard InChI is InChI=1S/C14H21N5S/c1-3-9-19-13(10-16-18-19)14(17-15)11-5-7-12(8-6-11)20-4-2/h5-8,10,14,17H,3-4,9,15H2,1-2H3. The zero-order valence-electron chi connectivity index (χ0n) is 11.9.